The monoisotopic (exact) mass is 380 g/mol. The van der Waals surface area contributed by atoms with Crippen molar-refractivity contribution in [3.63, 3.8) is 0 Å². The van der Waals surface area contributed by atoms with E-state index in [9.17, 15) is 18.8 Å². The summed E-state index contributed by atoms with van der Waals surface area (Å²) in [4.78, 5) is 37.8. The first kappa shape index (κ1) is 22.6. The Balaban J connectivity index is 2.63. The number of nitrogens with one attached hydrogen (secondary N) is 1. The first-order valence-corrected chi connectivity index (χ1v) is 9.00. The molecule has 0 saturated heterocycles. The molecule has 1 N–H and O–H groups in total. The van der Waals surface area contributed by atoms with Crippen molar-refractivity contribution in [2.75, 3.05) is 18.5 Å². The molecule has 1 aromatic rings. The SMILES string of the molecule is CC(C)CCC(=O)OCC(=O)N(CC(=O)Nc1ccc(F)cc1)C(C)(C)C. The zero-order valence-corrected chi connectivity index (χ0v) is 16.7. The minimum atomic E-state index is -0.637. The lowest BCUT2D eigenvalue weighted by Crippen LogP contribution is -2.50. The fourth-order valence-electron chi connectivity index (χ4n) is 2.28. The molecular formula is C20H29FN2O4. The number of amides is 2. The maximum atomic E-state index is 12.9. The van der Waals surface area contributed by atoms with Crippen molar-refractivity contribution in [3.05, 3.63) is 30.1 Å². The third kappa shape index (κ3) is 8.66. The third-order valence-electron chi connectivity index (χ3n) is 3.82. The van der Waals surface area contributed by atoms with Crippen LogP contribution in [0.15, 0.2) is 24.3 Å². The summed E-state index contributed by atoms with van der Waals surface area (Å²) in [5.74, 6) is -1.33. The highest BCUT2D eigenvalue weighted by atomic mass is 19.1. The van der Waals surface area contributed by atoms with Gasteiger partial charge >= 0.3 is 5.97 Å². The molecule has 0 heterocycles. The van der Waals surface area contributed by atoms with Crippen LogP contribution >= 0.6 is 0 Å². The number of ether oxygens (including phenoxy) is 1. The molecule has 0 aliphatic carbocycles. The Morgan fingerprint density at radius 2 is 1.74 bits per heavy atom. The Labute approximate surface area is 160 Å². The number of halogens is 1. The lowest BCUT2D eigenvalue weighted by molar-refractivity contribution is -0.155. The van der Waals surface area contributed by atoms with Crippen LogP contribution in [0.5, 0.6) is 0 Å². The number of hydrogen-bond donors (Lipinski definition) is 1. The van der Waals surface area contributed by atoms with Crippen LogP contribution in [0, 0.1) is 11.7 Å². The van der Waals surface area contributed by atoms with E-state index in [0.717, 1.165) is 0 Å². The largest absolute Gasteiger partial charge is 0.456 e. The standard InChI is InChI=1S/C20H29FN2O4/c1-14(2)6-11-19(26)27-13-18(25)23(20(3,4)5)12-17(24)22-16-9-7-15(21)8-10-16/h7-10,14H,6,11-13H2,1-5H3,(H,22,24). The van der Waals surface area contributed by atoms with E-state index in [2.05, 4.69) is 5.32 Å². The van der Waals surface area contributed by atoms with E-state index in [0.29, 0.717) is 18.0 Å². The molecule has 0 spiro atoms. The van der Waals surface area contributed by atoms with E-state index in [1.165, 1.54) is 29.2 Å². The van der Waals surface area contributed by atoms with E-state index in [1.807, 2.05) is 13.8 Å². The van der Waals surface area contributed by atoms with Crippen LogP contribution in [0.3, 0.4) is 0 Å². The quantitative estimate of drug-likeness (QED) is 0.702. The molecule has 0 fully saturated rings. The van der Waals surface area contributed by atoms with Gasteiger partial charge in [0, 0.05) is 17.6 Å². The second-order valence-corrected chi connectivity index (χ2v) is 7.80. The van der Waals surface area contributed by atoms with Crippen molar-refractivity contribution >= 4 is 23.5 Å². The first-order valence-electron chi connectivity index (χ1n) is 9.00. The van der Waals surface area contributed by atoms with Gasteiger partial charge in [-0.1, -0.05) is 13.8 Å². The molecule has 0 saturated carbocycles. The summed E-state index contributed by atoms with van der Waals surface area (Å²) in [6, 6.07) is 5.35. The minimum absolute atomic E-state index is 0.205. The average molecular weight is 380 g/mol. The number of nitrogens with zero attached hydrogens (tertiary/aromatic N) is 1. The summed E-state index contributed by atoms with van der Waals surface area (Å²) < 4.78 is 18.0. The first-order chi connectivity index (χ1) is 12.5. The van der Waals surface area contributed by atoms with Gasteiger partial charge in [0.15, 0.2) is 6.61 Å². The average Bonchev–Trinajstić information content (AvgIpc) is 2.56. The van der Waals surface area contributed by atoms with E-state index in [4.69, 9.17) is 4.74 Å². The second kappa shape index (κ2) is 10.0. The predicted octanol–water partition coefficient (Wildman–Crippen LogP) is 3.37. The number of anilines is 1. The minimum Gasteiger partial charge on any atom is -0.456 e. The Morgan fingerprint density at radius 1 is 1.15 bits per heavy atom. The van der Waals surface area contributed by atoms with Crippen molar-refractivity contribution in [1.82, 2.24) is 4.90 Å². The van der Waals surface area contributed by atoms with E-state index in [1.54, 1.807) is 20.8 Å². The maximum Gasteiger partial charge on any atom is 0.306 e. The highest BCUT2D eigenvalue weighted by molar-refractivity contribution is 5.95. The summed E-state index contributed by atoms with van der Waals surface area (Å²) in [5, 5.41) is 2.62. The van der Waals surface area contributed by atoms with Crippen molar-refractivity contribution < 1.29 is 23.5 Å². The molecule has 0 aliphatic rings. The summed E-state index contributed by atoms with van der Waals surface area (Å²) in [6.07, 6.45) is 0.946. The van der Waals surface area contributed by atoms with Crippen LogP contribution in [0.1, 0.15) is 47.5 Å². The highest BCUT2D eigenvalue weighted by Crippen LogP contribution is 2.15. The summed E-state index contributed by atoms with van der Waals surface area (Å²) in [7, 11) is 0. The van der Waals surface area contributed by atoms with Gasteiger partial charge in [0.2, 0.25) is 5.91 Å². The zero-order chi connectivity index (χ0) is 20.6. The third-order valence-corrected chi connectivity index (χ3v) is 3.82. The van der Waals surface area contributed by atoms with Crippen LogP contribution < -0.4 is 5.32 Å². The van der Waals surface area contributed by atoms with Gasteiger partial charge in [0.05, 0.1) is 0 Å². The molecule has 27 heavy (non-hydrogen) atoms. The van der Waals surface area contributed by atoms with Crippen LogP contribution in [-0.4, -0.2) is 41.4 Å². The molecule has 7 heteroatoms. The molecule has 2 amide bonds. The van der Waals surface area contributed by atoms with Crippen LogP contribution in [-0.2, 0) is 19.1 Å². The van der Waals surface area contributed by atoms with Gasteiger partial charge < -0.3 is 15.0 Å². The molecule has 150 valence electrons. The molecule has 6 nitrogen and oxygen atoms in total. The van der Waals surface area contributed by atoms with Crippen molar-refractivity contribution in [2.24, 2.45) is 5.92 Å². The lowest BCUT2D eigenvalue weighted by atomic mass is 10.1. The number of esters is 1. The Kier molecular flexibility index (Phi) is 8.40. The van der Waals surface area contributed by atoms with E-state index < -0.39 is 35.7 Å². The Hall–Kier alpha value is -2.44. The number of carbonyl (C=O) groups excluding carboxylic acids is 3. The van der Waals surface area contributed by atoms with E-state index >= 15 is 0 Å². The van der Waals surface area contributed by atoms with Gasteiger partial charge in [0.25, 0.3) is 5.91 Å². The molecule has 0 aliphatic heterocycles. The number of benzene rings is 1. The second-order valence-electron chi connectivity index (χ2n) is 7.80. The normalized spacial score (nSPS) is 11.2. The Morgan fingerprint density at radius 3 is 2.26 bits per heavy atom. The molecule has 0 unspecified atom stereocenters. The number of hydrogen-bond acceptors (Lipinski definition) is 4. The molecule has 0 atom stereocenters. The summed E-state index contributed by atoms with van der Waals surface area (Å²) in [6.45, 7) is 8.75. The van der Waals surface area contributed by atoms with Crippen LogP contribution in [0.2, 0.25) is 0 Å². The smallest absolute Gasteiger partial charge is 0.306 e. The van der Waals surface area contributed by atoms with E-state index in [-0.39, 0.29) is 13.0 Å². The number of carbonyl (C=O) groups is 3. The predicted molar refractivity (Wildman–Crippen MR) is 102 cm³/mol. The highest BCUT2D eigenvalue weighted by Gasteiger charge is 2.29. The van der Waals surface area contributed by atoms with Gasteiger partial charge in [0.1, 0.15) is 12.4 Å². The van der Waals surface area contributed by atoms with Crippen LogP contribution in [0.4, 0.5) is 10.1 Å². The van der Waals surface area contributed by atoms with Gasteiger partial charge in [-0.3, -0.25) is 14.4 Å². The fraction of sp³-hybridized carbons (Fsp3) is 0.550. The van der Waals surface area contributed by atoms with Gasteiger partial charge in [-0.05, 0) is 57.4 Å². The summed E-state index contributed by atoms with van der Waals surface area (Å²) >= 11 is 0. The molecule has 0 bridgehead atoms. The Bertz CT molecular complexity index is 651. The molecule has 1 aromatic carbocycles. The summed E-state index contributed by atoms with van der Waals surface area (Å²) in [5.41, 5.74) is -0.204. The van der Waals surface area contributed by atoms with Gasteiger partial charge in [-0.15, -0.1) is 0 Å². The molecule has 0 radical (unpaired) electrons. The van der Waals surface area contributed by atoms with Crippen molar-refractivity contribution in [2.45, 2.75) is 53.0 Å². The topological polar surface area (TPSA) is 75.7 Å². The molecule has 0 aromatic heterocycles. The van der Waals surface area contributed by atoms with Gasteiger partial charge in [-0.2, -0.15) is 0 Å². The number of rotatable bonds is 8. The van der Waals surface area contributed by atoms with Crippen LogP contribution in [0.25, 0.3) is 0 Å². The van der Waals surface area contributed by atoms with Crippen molar-refractivity contribution in [3.8, 4) is 0 Å². The van der Waals surface area contributed by atoms with Gasteiger partial charge in [-0.25, -0.2) is 4.39 Å². The molecule has 1 rings (SSSR count). The van der Waals surface area contributed by atoms with Crippen molar-refractivity contribution in [1.29, 1.82) is 0 Å². The molecular weight excluding hydrogens is 351 g/mol. The lowest BCUT2D eigenvalue weighted by Gasteiger charge is -2.35. The maximum absolute atomic E-state index is 12.9. The fourth-order valence-corrected chi connectivity index (χ4v) is 2.28. The zero-order valence-electron chi connectivity index (χ0n) is 16.7.